The molecule has 0 spiro atoms. The molecule has 0 fully saturated rings. The second-order valence-electron chi connectivity index (χ2n) is 21.6. The molecule has 82 heavy (non-hydrogen) atoms. The fraction of sp³-hybridized carbons (Fsp3) is 0. The van der Waals surface area contributed by atoms with E-state index in [2.05, 4.69) is 311 Å². The molecule has 0 radical (unpaired) electrons. The molecule has 4 heterocycles. The number of rotatable bonds is 8. The number of benzene rings is 13. The van der Waals surface area contributed by atoms with Crippen LogP contribution in [0.4, 0.5) is 68.2 Å². The topological polar surface area (TPSA) is 13.0 Å². The van der Waals surface area contributed by atoms with Gasteiger partial charge in [0.1, 0.15) is 0 Å². The minimum absolute atomic E-state index is 0.0247. The predicted octanol–water partition coefficient (Wildman–Crippen LogP) is 16.5. The van der Waals surface area contributed by atoms with Gasteiger partial charge in [0.2, 0.25) is 13.4 Å². The number of nitrogens with zero attached hydrogens (tertiary/aromatic N) is 4. The highest BCUT2D eigenvalue weighted by Gasteiger charge is 2.47. The first-order valence-electron chi connectivity index (χ1n) is 28.1. The number of fused-ring (bicyclic) bond motifs is 12. The summed E-state index contributed by atoms with van der Waals surface area (Å²) in [6, 6.07) is 108. The molecule has 8 heteroatoms. The van der Waals surface area contributed by atoms with Crippen LogP contribution in [-0.2, 0) is 0 Å². The Morgan fingerprint density at radius 2 is 0.610 bits per heavy atom. The largest absolute Gasteiger partial charge is 0.311 e. The predicted molar refractivity (Wildman–Crippen MR) is 351 cm³/mol. The van der Waals surface area contributed by atoms with Crippen LogP contribution < -0.4 is 52.4 Å². The Hall–Kier alpha value is -9.59. The molecule has 17 rings (SSSR count). The van der Waals surface area contributed by atoms with Crippen molar-refractivity contribution < 1.29 is 0 Å². The molecule has 0 saturated heterocycles. The van der Waals surface area contributed by atoms with Crippen LogP contribution in [0.15, 0.2) is 311 Å². The minimum atomic E-state index is -0.0247. The standard InChI is InChI=1S/C74H48B2N4S2/c1-7-23-51(24-8-1)77(52-25-9-2-10-26-52)57-39-41-59-49(43-57)45-69-71-73(59)79(55-31-15-5-16-32-55)65-48-66-64(47-63(65)75(71)61-35-19-21-37-67(61)81-69)76-62-36-20-22-38-68(62)82-70-46-50-44-58(78(53-27-11-3-12-28-53)54-29-13-4-14-30-54)40-42-60(50)74(72(70)76)80(66)56-33-17-6-18-34-56/h1-48H. The number of hydrogen-bond donors (Lipinski definition) is 0. The fourth-order valence-corrected chi connectivity index (χ4v) is 16.0. The maximum Gasteiger partial charge on any atom is 0.249 e. The highest BCUT2D eigenvalue weighted by Crippen LogP contribution is 2.51. The van der Waals surface area contributed by atoms with E-state index in [4.69, 9.17) is 0 Å². The summed E-state index contributed by atoms with van der Waals surface area (Å²) in [5.41, 5.74) is 21.9. The zero-order valence-corrected chi connectivity index (χ0v) is 46.1. The lowest BCUT2D eigenvalue weighted by atomic mass is 9.31. The van der Waals surface area contributed by atoms with Gasteiger partial charge >= 0.3 is 0 Å². The Labute approximate surface area is 486 Å². The van der Waals surface area contributed by atoms with E-state index in [0.717, 1.165) is 45.5 Å². The molecule has 0 saturated carbocycles. The molecular weight excluding hydrogens is 1030 g/mol. The van der Waals surface area contributed by atoms with E-state index in [-0.39, 0.29) is 13.4 Å². The first-order valence-corrected chi connectivity index (χ1v) is 29.8. The van der Waals surface area contributed by atoms with E-state index >= 15 is 0 Å². The molecule has 0 aliphatic carbocycles. The SMILES string of the molecule is c1ccc(N(c2ccccc2)c2ccc3c4c5c(cc3c2)Sc2ccccc2B5c2cc3c(cc2N4c2ccccc2)N(c2ccccc2)c2c4c(cc5cc(N(c6ccccc6)c6ccccc6)ccc25)Sc2ccccc2B34)cc1. The van der Waals surface area contributed by atoms with E-state index in [9.17, 15) is 0 Å². The van der Waals surface area contributed by atoms with Crippen LogP contribution in [0.5, 0.6) is 0 Å². The molecule has 4 aliphatic rings. The minimum Gasteiger partial charge on any atom is -0.311 e. The van der Waals surface area contributed by atoms with Crippen LogP contribution in [0.3, 0.4) is 0 Å². The Morgan fingerprint density at radius 1 is 0.268 bits per heavy atom. The average Bonchev–Trinajstić information content (AvgIpc) is 2.83. The third-order valence-corrected chi connectivity index (χ3v) is 19.3. The highest BCUT2D eigenvalue weighted by atomic mass is 32.2. The summed E-state index contributed by atoms with van der Waals surface area (Å²) in [5, 5.41) is 4.83. The first kappa shape index (κ1) is 47.2. The van der Waals surface area contributed by atoms with Gasteiger partial charge in [0.05, 0.1) is 11.4 Å². The summed E-state index contributed by atoms with van der Waals surface area (Å²) in [4.78, 5) is 15.2. The monoisotopic (exact) mass is 1080 g/mol. The van der Waals surface area contributed by atoms with Crippen LogP contribution in [0, 0.1) is 0 Å². The van der Waals surface area contributed by atoms with Gasteiger partial charge in [-0.2, -0.15) is 0 Å². The van der Waals surface area contributed by atoms with Crippen molar-refractivity contribution in [1.82, 2.24) is 0 Å². The van der Waals surface area contributed by atoms with Crippen molar-refractivity contribution in [2.24, 2.45) is 0 Å². The maximum atomic E-state index is 2.64. The maximum absolute atomic E-state index is 2.64. The molecule has 0 aromatic heterocycles. The van der Waals surface area contributed by atoms with E-state index in [1.165, 1.54) is 96.7 Å². The van der Waals surface area contributed by atoms with E-state index in [1.54, 1.807) is 0 Å². The fourth-order valence-electron chi connectivity index (χ4n) is 13.6. The molecule has 0 amide bonds. The molecular formula is C74H48B2N4S2. The molecule has 4 nitrogen and oxygen atoms in total. The molecule has 0 unspecified atom stereocenters. The van der Waals surface area contributed by atoms with Crippen molar-refractivity contribution in [1.29, 1.82) is 0 Å². The Bertz CT molecular complexity index is 4290. The van der Waals surface area contributed by atoms with Gasteiger partial charge < -0.3 is 19.6 Å². The van der Waals surface area contributed by atoms with Crippen LogP contribution in [0.1, 0.15) is 0 Å². The summed E-state index contributed by atoms with van der Waals surface area (Å²) < 4.78 is 0. The molecule has 0 N–H and O–H groups in total. The van der Waals surface area contributed by atoms with Crippen LogP contribution in [0.2, 0.25) is 0 Å². The van der Waals surface area contributed by atoms with Crippen molar-refractivity contribution in [2.75, 3.05) is 19.6 Å². The van der Waals surface area contributed by atoms with Crippen LogP contribution in [0.25, 0.3) is 21.5 Å². The van der Waals surface area contributed by atoms with Gasteiger partial charge in [0.25, 0.3) is 0 Å². The number of anilines is 12. The van der Waals surface area contributed by atoms with Crippen molar-refractivity contribution in [3.8, 4) is 0 Å². The van der Waals surface area contributed by atoms with Crippen molar-refractivity contribution in [3.05, 3.63) is 291 Å². The quantitative estimate of drug-likeness (QED) is 0.140. The van der Waals surface area contributed by atoms with Gasteiger partial charge in [-0.05, 0) is 160 Å². The Kier molecular flexibility index (Phi) is 11.0. The van der Waals surface area contributed by atoms with E-state index in [0.29, 0.717) is 0 Å². The van der Waals surface area contributed by atoms with Gasteiger partial charge in [-0.3, -0.25) is 0 Å². The summed E-state index contributed by atoms with van der Waals surface area (Å²) in [5.74, 6) is 0. The normalized spacial score (nSPS) is 13.2. The summed E-state index contributed by atoms with van der Waals surface area (Å²) in [6.45, 7) is -0.0493. The van der Waals surface area contributed by atoms with Gasteiger partial charge in [0, 0.05) is 87.2 Å². The van der Waals surface area contributed by atoms with Crippen molar-refractivity contribution >= 4 is 160 Å². The molecule has 13 aromatic rings. The van der Waals surface area contributed by atoms with Gasteiger partial charge in [-0.25, -0.2) is 0 Å². The van der Waals surface area contributed by atoms with Gasteiger partial charge in [0.15, 0.2) is 0 Å². The second-order valence-corrected chi connectivity index (χ2v) is 23.7. The van der Waals surface area contributed by atoms with Crippen molar-refractivity contribution in [3.63, 3.8) is 0 Å². The van der Waals surface area contributed by atoms with E-state index < -0.39 is 0 Å². The van der Waals surface area contributed by atoms with E-state index in [1.807, 2.05) is 23.5 Å². The zero-order chi connectivity index (χ0) is 53.8. The molecule has 4 aliphatic heterocycles. The highest BCUT2D eigenvalue weighted by molar-refractivity contribution is 8.00. The molecule has 0 atom stereocenters. The lowest BCUT2D eigenvalue weighted by Crippen LogP contribution is -2.64. The Balaban J connectivity index is 0.941. The average molecular weight is 1080 g/mol. The van der Waals surface area contributed by atoms with Crippen LogP contribution in [-0.4, -0.2) is 13.4 Å². The summed E-state index contributed by atoms with van der Waals surface area (Å²) in [7, 11) is 0. The van der Waals surface area contributed by atoms with Gasteiger partial charge in [-0.15, -0.1) is 0 Å². The first-order chi connectivity index (χ1) is 40.7. The molecule has 382 valence electrons. The number of hydrogen-bond acceptors (Lipinski definition) is 6. The lowest BCUT2D eigenvalue weighted by molar-refractivity contribution is 1.25. The summed E-state index contributed by atoms with van der Waals surface area (Å²) in [6.07, 6.45) is 0. The third-order valence-electron chi connectivity index (χ3n) is 17.0. The van der Waals surface area contributed by atoms with Gasteiger partial charge in [-0.1, -0.05) is 198 Å². The second kappa shape index (κ2) is 19.0. The Morgan fingerprint density at radius 3 is 0.988 bits per heavy atom. The number of para-hydroxylation sites is 6. The summed E-state index contributed by atoms with van der Waals surface area (Å²) >= 11 is 3.83. The molecule has 0 bridgehead atoms. The van der Waals surface area contributed by atoms with Crippen molar-refractivity contribution in [2.45, 2.75) is 19.6 Å². The van der Waals surface area contributed by atoms with Crippen LogP contribution >= 0.6 is 23.5 Å². The smallest absolute Gasteiger partial charge is 0.249 e. The lowest BCUT2D eigenvalue weighted by Gasteiger charge is -2.45. The molecule has 13 aromatic carbocycles. The third kappa shape index (κ3) is 7.38. The zero-order valence-electron chi connectivity index (χ0n) is 44.5.